The van der Waals surface area contributed by atoms with Crippen molar-refractivity contribution in [3.8, 4) is 0 Å². The first kappa shape index (κ1) is 16.5. The molecule has 6 nitrogen and oxygen atoms in total. The number of hydrazine groups is 1. The molecule has 15 heavy (non-hydrogen) atoms. The van der Waals surface area contributed by atoms with Gasteiger partial charge in [0.1, 0.15) is 0 Å². The molecule has 0 spiro atoms. The monoisotopic (exact) mass is 244 g/mol. The normalized spacial score (nSPS) is 9.27. The van der Waals surface area contributed by atoms with Crippen LogP contribution in [0.2, 0.25) is 0 Å². The molecule has 0 aliphatic carbocycles. The summed E-state index contributed by atoms with van der Waals surface area (Å²) in [7, 11) is -4.64. The van der Waals surface area contributed by atoms with Crippen molar-refractivity contribution in [1.82, 2.24) is 0 Å². The fourth-order valence-corrected chi connectivity index (χ4v) is 0.439. The zero-order valence-corrected chi connectivity index (χ0v) is 8.31. The van der Waals surface area contributed by atoms with E-state index in [1.165, 1.54) is 12.1 Å². The molecule has 0 radical (unpaired) electrons. The van der Waals surface area contributed by atoms with Gasteiger partial charge >= 0.3 is 7.82 Å². The molecule has 0 aliphatic rings. The first-order valence-electron chi connectivity index (χ1n) is 3.32. The summed E-state index contributed by atoms with van der Waals surface area (Å²) in [6.45, 7) is 0. The van der Waals surface area contributed by atoms with Crippen molar-refractivity contribution in [2.75, 3.05) is 0 Å². The molecule has 0 bridgehead atoms. The lowest BCUT2D eigenvalue weighted by atomic mass is 10.3. The Kier molecular flexibility index (Phi) is 9.28. The van der Waals surface area contributed by atoms with Crippen molar-refractivity contribution in [1.29, 1.82) is 0 Å². The summed E-state index contributed by atoms with van der Waals surface area (Å²) >= 11 is 0. The van der Waals surface area contributed by atoms with Crippen LogP contribution < -0.4 is 11.7 Å². The Morgan fingerprint density at radius 2 is 1.20 bits per heavy atom. The van der Waals surface area contributed by atoms with Crippen molar-refractivity contribution in [2.24, 2.45) is 11.7 Å². The van der Waals surface area contributed by atoms with Gasteiger partial charge in [-0.05, 0) is 12.1 Å². The van der Waals surface area contributed by atoms with Gasteiger partial charge in [-0.25, -0.2) is 13.3 Å². The van der Waals surface area contributed by atoms with Gasteiger partial charge in [-0.2, -0.15) is 0 Å². The number of benzene rings is 1. The van der Waals surface area contributed by atoms with Crippen LogP contribution in [0.4, 0.5) is 8.78 Å². The molecule has 0 aliphatic heterocycles. The summed E-state index contributed by atoms with van der Waals surface area (Å²) < 4.78 is 32.8. The predicted octanol–water partition coefficient (Wildman–Crippen LogP) is -0.145. The molecule has 88 valence electrons. The molecule has 0 atom stereocenters. The number of rotatable bonds is 0. The van der Waals surface area contributed by atoms with Crippen LogP contribution in [0.1, 0.15) is 0 Å². The molecular formula is C6H11F2N2O4P. The van der Waals surface area contributed by atoms with Crippen LogP contribution >= 0.6 is 7.82 Å². The Bertz CT molecular complexity index is 290. The van der Waals surface area contributed by atoms with E-state index >= 15 is 0 Å². The molecule has 0 saturated carbocycles. The Morgan fingerprint density at radius 3 is 1.33 bits per heavy atom. The molecule has 9 heteroatoms. The Morgan fingerprint density at radius 1 is 1.00 bits per heavy atom. The lowest BCUT2D eigenvalue weighted by Crippen LogP contribution is -2.02. The van der Waals surface area contributed by atoms with Gasteiger partial charge in [0.25, 0.3) is 0 Å². The summed E-state index contributed by atoms with van der Waals surface area (Å²) in [5.41, 5.74) is 0. The molecule has 0 saturated heterocycles. The third-order valence-electron chi connectivity index (χ3n) is 0.824. The second-order valence-electron chi connectivity index (χ2n) is 1.93. The first-order valence-corrected chi connectivity index (χ1v) is 4.89. The van der Waals surface area contributed by atoms with Crippen molar-refractivity contribution in [2.45, 2.75) is 0 Å². The number of hydrogen-bond acceptors (Lipinski definition) is 3. The molecule has 0 unspecified atom stereocenters. The smallest absolute Gasteiger partial charge is 0.303 e. The van der Waals surface area contributed by atoms with E-state index < -0.39 is 19.5 Å². The highest BCUT2D eigenvalue weighted by Gasteiger charge is 2.00. The van der Waals surface area contributed by atoms with E-state index in [1.54, 1.807) is 0 Å². The fraction of sp³-hybridized carbons (Fsp3) is 0. The summed E-state index contributed by atoms with van der Waals surface area (Å²) in [5.74, 6) is 6.40. The fourth-order valence-electron chi connectivity index (χ4n) is 0.439. The van der Waals surface area contributed by atoms with E-state index in [2.05, 4.69) is 11.7 Å². The minimum Gasteiger partial charge on any atom is -0.303 e. The predicted molar refractivity (Wildman–Crippen MR) is 49.0 cm³/mol. The molecule has 0 aromatic heterocycles. The molecule has 1 rings (SSSR count). The van der Waals surface area contributed by atoms with E-state index in [0.717, 1.165) is 12.1 Å². The molecule has 1 aromatic rings. The van der Waals surface area contributed by atoms with Crippen LogP contribution in [0, 0.1) is 11.6 Å². The molecular weight excluding hydrogens is 233 g/mol. The van der Waals surface area contributed by atoms with Crippen molar-refractivity contribution < 1.29 is 28.0 Å². The quantitative estimate of drug-likeness (QED) is 0.245. The van der Waals surface area contributed by atoms with Crippen LogP contribution in [-0.2, 0) is 4.57 Å². The zero-order chi connectivity index (χ0) is 12.5. The number of hydrogen-bond donors (Lipinski definition) is 5. The molecule has 0 amide bonds. The summed E-state index contributed by atoms with van der Waals surface area (Å²) in [5, 5.41) is 0. The highest BCUT2D eigenvalue weighted by molar-refractivity contribution is 7.45. The van der Waals surface area contributed by atoms with Gasteiger partial charge in [-0.1, -0.05) is 12.1 Å². The van der Waals surface area contributed by atoms with Gasteiger partial charge in [0.2, 0.25) is 0 Å². The third kappa shape index (κ3) is 15.8. The van der Waals surface area contributed by atoms with E-state index in [4.69, 9.17) is 19.2 Å². The van der Waals surface area contributed by atoms with Crippen LogP contribution in [0.3, 0.4) is 0 Å². The molecule has 0 fully saturated rings. The van der Waals surface area contributed by atoms with Crippen LogP contribution in [0.25, 0.3) is 0 Å². The highest BCUT2D eigenvalue weighted by Crippen LogP contribution is 2.25. The zero-order valence-electron chi connectivity index (χ0n) is 7.42. The summed E-state index contributed by atoms with van der Waals surface area (Å²) in [6, 6.07) is 5.04. The SMILES string of the molecule is Fc1ccccc1F.NN.O=P(O)(O)O. The van der Waals surface area contributed by atoms with Gasteiger partial charge in [-0.3, -0.25) is 11.7 Å². The Hall–Kier alpha value is -0.890. The van der Waals surface area contributed by atoms with Crippen LogP contribution in [0.15, 0.2) is 24.3 Å². The van der Waals surface area contributed by atoms with Crippen LogP contribution in [-0.4, -0.2) is 14.7 Å². The maximum atomic E-state index is 11.9. The average Bonchev–Trinajstić information content (AvgIpc) is 2.11. The standard InChI is InChI=1S/C6H4F2.H4N2.H3O4P/c7-5-3-1-2-4-6(5)8;1-2;1-5(2,3)4/h1-4H;1-2H2;(H3,1,2,3,4). The average molecular weight is 244 g/mol. The third-order valence-corrected chi connectivity index (χ3v) is 0.824. The lowest BCUT2D eigenvalue weighted by molar-refractivity contribution is 0.275. The largest absolute Gasteiger partial charge is 0.466 e. The number of nitrogens with two attached hydrogens (primary N) is 2. The lowest BCUT2D eigenvalue weighted by Gasteiger charge is -1.85. The Labute approximate surface area is 84.4 Å². The second-order valence-corrected chi connectivity index (χ2v) is 2.95. The van der Waals surface area contributed by atoms with E-state index in [0.29, 0.717) is 0 Å². The minimum atomic E-state index is -4.64. The first-order chi connectivity index (χ1) is 6.80. The van der Waals surface area contributed by atoms with E-state index in [-0.39, 0.29) is 0 Å². The van der Waals surface area contributed by atoms with Gasteiger partial charge in [0, 0.05) is 0 Å². The van der Waals surface area contributed by atoms with Crippen molar-refractivity contribution >= 4 is 7.82 Å². The molecule has 7 N–H and O–H groups in total. The molecule has 1 aromatic carbocycles. The maximum absolute atomic E-state index is 11.9. The van der Waals surface area contributed by atoms with Gasteiger partial charge in [-0.15, -0.1) is 0 Å². The van der Waals surface area contributed by atoms with Crippen molar-refractivity contribution in [3.05, 3.63) is 35.9 Å². The highest BCUT2D eigenvalue weighted by atomic mass is 31.2. The van der Waals surface area contributed by atoms with E-state index in [1.807, 2.05) is 0 Å². The number of halogens is 2. The second kappa shape index (κ2) is 8.42. The summed E-state index contributed by atoms with van der Waals surface area (Å²) in [6.07, 6.45) is 0. The van der Waals surface area contributed by atoms with E-state index in [9.17, 15) is 8.78 Å². The van der Waals surface area contributed by atoms with Crippen molar-refractivity contribution in [3.63, 3.8) is 0 Å². The molecule has 0 heterocycles. The van der Waals surface area contributed by atoms with Gasteiger partial charge < -0.3 is 14.7 Å². The van der Waals surface area contributed by atoms with Crippen LogP contribution in [0.5, 0.6) is 0 Å². The number of phosphoric acid groups is 1. The topological polar surface area (TPSA) is 130 Å². The van der Waals surface area contributed by atoms with Gasteiger partial charge in [0.05, 0.1) is 0 Å². The summed E-state index contributed by atoms with van der Waals surface area (Å²) in [4.78, 5) is 21.6. The Balaban J connectivity index is 0. The maximum Gasteiger partial charge on any atom is 0.466 e. The van der Waals surface area contributed by atoms with Gasteiger partial charge in [0.15, 0.2) is 11.6 Å². The minimum absolute atomic E-state index is 0.799.